The van der Waals surface area contributed by atoms with E-state index in [1.165, 1.54) is 0 Å². The number of halogens is 1. The van der Waals surface area contributed by atoms with Crippen molar-refractivity contribution in [2.45, 2.75) is 71.4 Å². The van der Waals surface area contributed by atoms with Crippen molar-refractivity contribution in [3.8, 4) is 0 Å². The summed E-state index contributed by atoms with van der Waals surface area (Å²) in [5.41, 5.74) is -1.35. The summed E-state index contributed by atoms with van der Waals surface area (Å²) >= 11 is 0. The van der Waals surface area contributed by atoms with Gasteiger partial charge in [-0.25, -0.2) is 14.0 Å². The van der Waals surface area contributed by atoms with Crippen molar-refractivity contribution in [1.82, 2.24) is 10.6 Å². The van der Waals surface area contributed by atoms with Crippen LogP contribution in [0.15, 0.2) is 0 Å². The molecule has 0 aliphatic heterocycles. The van der Waals surface area contributed by atoms with Gasteiger partial charge in [0, 0.05) is 6.42 Å². The van der Waals surface area contributed by atoms with Gasteiger partial charge in [-0.3, -0.25) is 0 Å². The molecule has 7 nitrogen and oxygen atoms in total. The van der Waals surface area contributed by atoms with Crippen LogP contribution in [0, 0.1) is 0 Å². The summed E-state index contributed by atoms with van der Waals surface area (Å²) in [5.74, 6) is 0. The van der Waals surface area contributed by atoms with E-state index >= 15 is 0 Å². The highest BCUT2D eigenvalue weighted by molar-refractivity contribution is 5.68. The Morgan fingerprint density at radius 3 is 1.96 bits per heavy atom. The Hall–Kier alpha value is -1.57. The van der Waals surface area contributed by atoms with Gasteiger partial charge in [0.2, 0.25) is 0 Å². The number of ether oxygens (including phenoxy) is 2. The minimum Gasteiger partial charge on any atom is -0.444 e. The van der Waals surface area contributed by atoms with E-state index in [9.17, 15) is 19.1 Å². The van der Waals surface area contributed by atoms with Crippen LogP contribution in [-0.4, -0.2) is 53.9 Å². The monoisotopic (exact) mass is 336 g/mol. The van der Waals surface area contributed by atoms with Crippen molar-refractivity contribution < 1.29 is 28.6 Å². The fourth-order valence-electron chi connectivity index (χ4n) is 1.55. The number of hydrogen-bond acceptors (Lipinski definition) is 5. The molecule has 0 radical (unpaired) electrons. The van der Waals surface area contributed by atoms with Gasteiger partial charge in [0.1, 0.15) is 17.4 Å². The first-order chi connectivity index (χ1) is 10.3. The molecule has 0 aliphatic rings. The van der Waals surface area contributed by atoms with Crippen molar-refractivity contribution in [3.05, 3.63) is 0 Å². The van der Waals surface area contributed by atoms with E-state index in [4.69, 9.17) is 9.47 Å². The smallest absolute Gasteiger partial charge is 0.407 e. The van der Waals surface area contributed by atoms with E-state index in [2.05, 4.69) is 10.6 Å². The third-order valence-corrected chi connectivity index (χ3v) is 2.35. The molecular weight excluding hydrogens is 307 g/mol. The highest BCUT2D eigenvalue weighted by atomic mass is 19.1. The molecule has 0 aromatic carbocycles. The van der Waals surface area contributed by atoms with Crippen LogP contribution in [0.1, 0.15) is 48.0 Å². The van der Waals surface area contributed by atoms with Gasteiger partial charge in [0.25, 0.3) is 0 Å². The molecule has 136 valence electrons. The lowest BCUT2D eigenvalue weighted by Crippen LogP contribution is -2.44. The molecule has 0 saturated heterocycles. The molecule has 0 bridgehead atoms. The molecule has 0 spiro atoms. The Morgan fingerprint density at radius 2 is 1.52 bits per heavy atom. The molecule has 8 heteroatoms. The van der Waals surface area contributed by atoms with Crippen LogP contribution in [0.3, 0.4) is 0 Å². The minimum absolute atomic E-state index is 0.161. The van der Waals surface area contributed by atoms with Crippen LogP contribution in [-0.2, 0) is 9.47 Å². The summed E-state index contributed by atoms with van der Waals surface area (Å²) in [5, 5.41) is 13.9. The van der Waals surface area contributed by atoms with E-state index < -0.39 is 42.2 Å². The summed E-state index contributed by atoms with van der Waals surface area (Å²) in [6.07, 6.45) is -3.06. The maximum Gasteiger partial charge on any atom is 0.407 e. The zero-order valence-corrected chi connectivity index (χ0v) is 14.7. The van der Waals surface area contributed by atoms with Crippen LogP contribution in [0.4, 0.5) is 14.0 Å². The number of aliphatic hydroxyl groups excluding tert-OH is 1. The molecule has 2 atom stereocenters. The molecule has 2 amide bonds. The van der Waals surface area contributed by atoms with Gasteiger partial charge in [0.05, 0.1) is 19.2 Å². The van der Waals surface area contributed by atoms with E-state index in [0.717, 1.165) is 0 Å². The summed E-state index contributed by atoms with van der Waals surface area (Å²) in [4.78, 5) is 23.0. The standard InChI is InChI=1S/C15H29FN2O5/c1-14(2,3)22-12(20)17-8-10(16)7-11(9-19)18-13(21)23-15(4,5)6/h10-11,19H,7-9H2,1-6H3,(H,17,20)(H,18,21)/t10?,11-/m1/s1. The molecule has 0 fully saturated rings. The third kappa shape index (κ3) is 12.6. The molecule has 0 heterocycles. The summed E-state index contributed by atoms with van der Waals surface area (Å²) in [7, 11) is 0. The molecule has 0 saturated carbocycles. The van der Waals surface area contributed by atoms with Crippen LogP contribution in [0.5, 0.6) is 0 Å². The van der Waals surface area contributed by atoms with Gasteiger partial charge in [-0.15, -0.1) is 0 Å². The fourth-order valence-corrected chi connectivity index (χ4v) is 1.55. The number of alkyl carbamates (subject to hydrolysis) is 2. The Labute approximate surface area is 136 Å². The van der Waals surface area contributed by atoms with Gasteiger partial charge >= 0.3 is 12.2 Å². The summed E-state index contributed by atoms with van der Waals surface area (Å²) in [6.45, 7) is 9.48. The highest BCUT2D eigenvalue weighted by Gasteiger charge is 2.23. The van der Waals surface area contributed by atoms with E-state index in [1.54, 1.807) is 41.5 Å². The number of alkyl halides is 1. The Kier molecular flexibility index (Phi) is 8.30. The van der Waals surface area contributed by atoms with Gasteiger partial charge in [-0.05, 0) is 41.5 Å². The highest BCUT2D eigenvalue weighted by Crippen LogP contribution is 2.09. The van der Waals surface area contributed by atoms with Crippen LogP contribution < -0.4 is 10.6 Å². The second kappa shape index (κ2) is 8.90. The molecule has 0 aliphatic carbocycles. The number of hydrogen-bond donors (Lipinski definition) is 3. The zero-order valence-electron chi connectivity index (χ0n) is 14.7. The molecule has 23 heavy (non-hydrogen) atoms. The molecule has 3 N–H and O–H groups in total. The van der Waals surface area contributed by atoms with Crippen LogP contribution in [0.2, 0.25) is 0 Å². The number of rotatable bonds is 6. The summed E-state index contributed by atoms with van der Waals surface area (Å²) < 4.78 is 23.9. The van der Waals surface area contributed by atoms with E-state index in [-0.39, 0.29) is 13.0 Å². The van der Waals surface area contributed by atoms with Crippen LogP contribution in [0.25, 0.3) is 0 Å². The maximum absolute atomic E-state index is 13.8. The first kappa shape index (κ1) is 21.4. The average Bonchev–Trinajstić information content (AvgIpc) is 2.31. The quantitative estimate of drug-likeness (QED) is 0.690. The lowest BCUT2D eigenvalue weighted by Gasteiger charge is -2.24. The Balaban J connectivity index is 4.21. The van der Waals surface area contributed by atoms with E-state index in [0.29, 0.717) is 0 Å². The Morgan fingerprint density at radius 1 is 1.04 bits per heavy atom. The number of carbonyl (C=O) groups is 2. The average molecular weight is 336 g/mol. The SMILES string of the molecule is CC(C)(C)OC(=O)NCC(F)C[C@H](CO)NC(=O)OC(C)(C)C. The maximum atomic E-state index is 13.8. The largest absolute Gasteiger partial charge is 0.444 e. The van der Waals surface area contributed by atoms with Gasteiger partial charge < -0.3 is 25.2 Å². The first-order valence-corrected chi connectivity index (χ1v) is 7.53. The lowest BCUT2D eigenvalue weighted by atomic mass is 10.1. The van der Waals surface area contributed by atoms with Crippen molar-refractivity contribution in [2.75, 3.05) is 13.2 Å². The van der Waals surface area contributed by atoms with Gasteiger partial charge in [-0.2, -0.15) is 0 Å². The van der Waals surface area contributed by atoms with Gasteiger partial charge in [0.15, 0.2) is 0 Å². The zero-order chi connectivity index (χ0) is 18.3. The van der Waals surface area contributed by atoms with Crippen molar-refractivity contribution in [1.29, 1.82) is 0 Å². The molecule has 1 unspecified atom stereocenters. The molecule has 0 aromatic heterocycles. The third-order valence-electron chi connectivity index (χ3n) is 2.35. The molecule has 0 rings (SSSR count). The molecular formula is C15H29FN2O5. The summed E-state index contributed by atoms with van der Waals surface area (Å²) in [6, 6.07) is -0.805. The van der Waals surface area contributed by atoms with Gasteiger partial charge in [-0.1, -0.05) is 0 Å². The second-order valence-corrected chi connectivity index (χ2v) is 7.24. The van der Waals surface area contributed by atoms with Crippen molar-refractivity contribution >= 4 is 12.2 Å². The predicted octanol–water partition coefficient (Wildman–Crippen LogP) is 2.12. The van der Waals surface area contributed by atoms with Crippen molar-refractivity contribution in [2.24, 2.45) is 0 Å². The fraction of sp³-hybridized carbons (Fsp3) is 0.867. The second-order valence-electron chi connectivity index (χ2n) is 7.24. The van der Waals surface area contributed by atoms with Crippen molar-refractivity contribution in [3.63, 3.8) is 0 Å². The van der Waals surface area contributed by atoms with Crippen LogP contribution >= 0.6 is 0 Å². The minimum atomic E-state index is -1.45. The number of carbonyl (C=O) groups excluding carboxylic acids is 2. The number of aliphatic hydroxyl groups is 1. The lowest BCUT2D eigenvalue weighted by molar-refractivity contribution is 0.0449. The first-order valence-electron chi connectivity index (χ1n) is 7.53. The topological polar surface area (TPSA) is 96.9 Å². The predicted molar refractivity (Wildman–Crippen MR) is 84.0 cm³/mol. The number of nitrogens with one attached hydrogen (secondary N) is 2. The normalized spacial score (nSPS) is 14.6. The van der Waals surface area contributed by atoms with E-state index in [1.807, 2.05) is 0 Å². The molecule has 0 aromatic rings. The Bertz CT molecular complexity index is 390. The number of amides is 2.